The zero-order chi connectivity index (χ0) is 15.9. The highest BCUT2D eigenvalue weighted by molar-refractivity contribution is 7.99. The molecule has 1 saturated heterocycles. The van der Waals surface area contributed by atoms with Gasteiger partial charge < -0.3 is 4.74 Å². The SMILES string of the molecule is Clc1ccc(Sc2ccccc2CCCN2CCOCC2)cc1. The average Bonchev–Trinajstić information content (AvgIpc) is 2.59. The molecular weight excluding hydrogens is 326 g/mol. The maximum absolute atomic E-state index is 5.97. The van der Waals surface area contributed by atoms with Crippen molar-refractivity contribution < 1.29 is 4.74 Å². The highest BCUT2D eigenvalue weighted by Gasteiger charge is 2.10. The van der Waals surface area contributed by atoms with E-state index in [1.165, 1.54) is 21.8 Å². The monoisotopic (exact) mass is 347 g/mol. The highest BCUT2D eigenvalue weighted by Crippen LogP contribution is 2.31. The van der Waals surface area contributed by atoms with E-state index in [-0.39, 0.29) is 0 Å². The van der Waals surface area contributed by atoms with Gasteiger partial charge in [-0.05, 0) is 55.3 Å². The molecule has 4 heteroatoms. The van der Waals surface area contributed by atoms with E-state index < -0.39 is 0 Å². The Morgan fingerprint density at radius 3 is 2.52 bits per heavy atom. The second-order valence-electron chi connectivity index (χ2n) is 5.72. The van der Waals surface area contributed by atoms with Crippen LogP contribution in [0.25, 0.3) is 0 Å². The molecule has 0 bridgehead atoms. The summed E-state index contributed by atoms with van der Waals surface area (Å²) in [4.78, 5) is 5.07. The number of nitrogens with zero attached hydrogens (tertiary/aromatic N) is 1. The highest BCUT2D eigenvalue weighted by atomic mass is 35.5. The van der Waals surface area contributed by atoms with Crippen molar-refractivity contribution in [2.45, 2.75) is 22.6 Å². The Hall–Kier alpha value is -1.00. The molecule has 2 aromatic rings. The van der Waals surface area contributed by atoms with Gasteiger partial charge in [0.2, 0.25) is 0 Å². The van der Waals surface area contributed by atoms with Gasteiger partial charge in [-0.1, -0.05) is 41.6 Å². The number of hydrogen-bond donors (Lipinski definition) is 0. The lowest BCUT2D eigenvalue weighted by atomic mass is 10.1. The third-order valence-electron chi connectivity index (χ3n) is 4.04. The number of aryl methyl sites for hydroxylation is 1. The minimum absolute atomic E-state index is 0.785. The van der Waals surface area contributed by atoms with Crippen LogP contribution in [-0.2, 0) is 11.2 Å². The van der Waals surface area contributed by atoms with Gasteiger partial charge in [-0.25, -0.2) is 0 Å². The predicted molar refractivity (Wildman–Crippen MR) is 97.6 cm³/mol. The molecule has 1 aliphatic heterocycles. The minimum Gasteiger partial charge on any atom is -0.379 e. The van der Waals surface area contributed by atoms with Crippen molar-refractivity contribution in [2.24, 2.45) is 0 Å². The lowest BCUT2D eigenvalue weighted by molar-refractivity contribution is 0.0374. The van der Waals surface area contributed by atoms with E-state index >= 15 is 0 Å². The number of rotatable bonds is 6. The molecule has 0 radical (unpaired) electrons. The number of ether oxygens (including phenoxy) is 1. The summed E-state index contributed by atoms with van der Waals surface area (Å²) < 4.78 is 5.40. The Kier molecular flexibility index (Phi) is 6.40. The second kappa shape index (κ2) is 8.74. The van der Waals surface area contributed by atoms with Crippen LogP contribution in [0.3, 0.4) is 0 Å². The van der Waals surface area contributed by atoms with Crippen molar-refractivity contribution in [3.05, 3.63) is 59.1 Å². The minimum atomic E-state index is 0.785. The van der Waals surface area contributed by atoms with Crippen molar-refractivity contribution in [1.29, 1.82) is 0 Å². The van der Waals surface area contributed by atoms with Crippen molar-refractivity contribution in [3.63, 3.8) is 0 Å². The summed E-state index contributed by atoms with van der Waals surface area (Å²) in [5.74, 6) is 0. The quantitative estimate of drug-likeness (QED) is 0.747. The summed E-state index contributed by atoms with van der Waals surface area (Å²) in [6.45, 7) is 5.05. The fourth-order valence-electron chi connectivity index (χ4n) is 2.76. The summed E-state index contributed by atoms with van der Waals surface area (Å²) in [5.41, 5.74) is 1.43. The number of hydrogen-bond acceptors (Lipinski definition) is 3. The van der Waals surface area contributed by atoms with Gasteiger partial charge in [0.05, 0.1) is 13.2 Å². The maximum Gasteiger partial charge on any atom is 0.0594 e. The van der Waals surface area contributed by atoms with Crippen LogP contribution in [-0.4, -0.2) is 37.7 Å². The van der Waals surface area contributed by atoms with Crippen molar-refractivity contribution in [3.8, 4) is 0 Å². The maximum atomic E-state index is 5.97. The fraction of sp³-hybridized carbons (Fsp3) is 0.368. The third kappa shape index (κ3) is 5.25. The molecule has 0 N–H and O–H groups in total. The molecule has 0 spiro atoms. The van der Waals surface area contributed by atoms with Crippen LogP contribution in [0.4, 0.5) is 0 Å². The van der Waals surface area contributed by atoms with E-state index in [2.05, 4.69) is 41.3 Å². The number of halogens is 1. The van der Waals surface area contributed by atoms with Gasteiger partial charge in [0.25, 0.3) is 0 Å². The average molecular weight is 348 g/mol. The fourth-order valence-corrected chi connectivity index (χ4v) is 3.86. The first-order valence-electron chi connectivity index (χ1n) is 8.13. The van der Waals surface area contributed by atoms with Gasteiger partial charge in [-0.2, -0.15) is 0 Å². The lowest BCUT2D eigenvalue weighted by Crippen LogP contribution is -2.36. The molecule has 2 nitrogen and oxygen atoms in total. The van der Waals surface area contributed by atoms with Crippen LogP contribution in [0.15, 0.2) is 58.3 Å². The Morgan fingerprint density at radius 1 is 1.00 bits per heavy atom. The molecule has 0 aromatic heterocycles. The van der Waals surface area contributed by atoms with Crippen LogP contribution < -0.4 is 0 Å². The first-order valence-corrected chi connectivity index (χ1v) is 9.32. The Morgan fingerprint density at radius 2 is 1.74 bits per heavy atom. The van der Waals surface area contributed by atoms with Crippen molar-refractivity contribution >= 4 is 23.4 Å². The lowest BCUT2D eigenvalue weighted by Gasteiger charge is -2.26. The molecular formula is C19H22ClNOS. The molecule has 23 heavy (non-hydrogen) atoms. The Labute approximate surface area is 147 Å². The Bertz CT molecular complexity index is 611. The van der Waals surface area contributed by atoms with Gasteiger partial charge in [0.1, 0.15) is 0 Å². The molecule has 122 valence electrons. The summed E-state index contributed by atoms with van der Waals surface area (Å²) in [5, 5.41) is 0.785. The zero-order valence-electron chi connectivity index (χ0n) is 13.2. The molecule has 1 heterocycles. The molecule has 3 rings (SSSR count). The smallest absolute Gasteiger partial charge is 0.0594 e. The molecule has 1 aliphatic rings. The van der Waals surface area contributed by atoms with E-state index in [0.717, 1.165) is 44.3 Å². The van der Waals surface area contributed by atoms with Gasteiger partial charge in [-0.3, -0.25) is 4.90 Å². The van der Waals surface area contributed by atoms with E-state index in [1.807, 2.05) is 23.9 Å². The summed E-state index contributed by atoms with van der Waals surface area (Å²) >= 11 is 7.78. The standard InChI is InChI=1S/C19H22ClNOS/c20-17-7-9-18(10-8-17)23-19-6-2-1-4-16(19)5-3-11-21-12-14-22-15-13-21/h1-2,4,6-10H,3,5,11-15H2. The molecule has 2 aromatic carbocycles. The van der Waals surface area contributed by atoms with Gasteiger partial charge >= 0.3 is 0 Å². The summed E-state index contributed by atoms with van der Waals surface area (Å²) in [6, 6.07) is 16.8. The molecule has 0 saturated carbocycles. The molecule has 0 unspecified atom stereocenters. The topological polar surface area (TPSA) is 12.5 Å². The zero-order valence-corrected chi connectivity index (χ0v) is 14.8. The van der Waals surface area contributed by atoms with Crippen LogP contribution >= 0.6 is 23.4 Å². The van der Waals surface area contributed by atoms with Gasteiger partial charge in [-0.15, -0.1) is 0 Å². The largest absolute Gasteiger partial charge is 0.379 e. The van der Waals surface area contributed by atoms with Crippen LogP contribution in [0, 0.1) is 0 Å². The summed E-state index contributed by atoms with van der Waals surface area (Å²) in [7, 11) is 0. The molecule has 0 aliphatic carbocycles. The third-order valence-corrected chi connectivity index (χ3v) is 5.42. The van der Waals surface area contributed by atoms with Crippen LogP contribution in [0.2, 0.25) is 5.02 Å². The van der Waals surface area contributed by atoms with Gasteiger partial charge in [0, 0.05) is 27.9 Å². The van der Waals surface area contributed by atoms with E-state index in [1.54, 1.807) is 0 Å². The van der Waals surface area contributed by atoms with Crippen LogP contribution in [0.5, 0.6) is 0 Å². The van der Waals surface area contributed by atoms with Crippen LogP contribution in [0.1, 0.15) is 12.0 Å². The first-order chi connectivity index (χ1) is 11.3. The van der Waals surface area contributed by atoms with E-state index in [0.29, 0.717) is 0 Å². The molecule has 1 fully saturated rings. The van der Waals surface area contributed by atoms with E-state index in [9.17, 15) is 0 Å². The van der Waals surface area contributed by atoms with Crippen molar-refractivity contribution in [2.75, 3.05) is 32.8 Å². The normalized spacial score (nSPS) is 15.7. The first kappa shape index (κ1) is 16.8. The second-order valence-corrected chi connectivity index (χ2v) is 7.27. The Balaban J connectivity index is 1.57. The van der Waals surface area contributed by atoms with E-state index in [4.69, 9.17) is 16.3 Å². The van der Waals surface area contributed by atoms with Crippen molar-refractivity contribution in [1.82, 2.24) is 4.90 Å². The summed E-state index contributed by atoms with van der Waals surface area (Å²) in [6.07, 6.45) is 2.31. The van der Waals surface area contributed by atoms with Gasteiger partial charge in [0.15, 0.2) is 0 Å². The number of morpholine rings is 1. The molecule has 0 atom stereocenters. The predicted octanol–water partition coefficient (Wildman–Crippen LogP) is 4.76. The number of benzene rings is 2. The molecule has 0 amide bonds.